The van der Waals surface area contributed by atoms with Crippen molar-refractivity contribution < 1.29 is 14.3 Å². The summed E-state index contributed by atoms with van der Waals surface area (Å²) in [5.41, 5.74) is 4.18. The zero-order valence-electron chi connectivity index (χ0n) is 13.6. The topological polar surface area (TPSA) is 84.7 Å². The fourth-order valence-electron chi connectivity index (χ4n) is 1.17. The van der Waals surface area contributed by atoms with Crippen LogP contribution >= 0.6 is 0 Å². The summed E-state index contributed by atoms with van der Waals surface area (Å²) in [5, 5.41) is 3.18. The highest BCUT2D eigenvalue weighted by molar-refractivity contribution is 5.79. The summed E-state index contributed by atoms with van der Waals surface area (Å²) in [6.45, 7) is 14.2. The van der Waals surface area contributed by atoms with E-state index in [-0.39, 0.29) is 23.0 Å². The first-order valence-corrected chi connectivity index (χ1v) is 6.92. The van der Waals surface area contributed by atoms with Crippen molar-refractivity contribution in [1.29, 1.82) is 0 Å². The van der Waals surface area contributed by atoms with Gasteiger partial charge in [0.25, 0.3) is 0 Å². The minimum Gasteiger partial charge on any atom is -0.444 e. The van der Waals surface area contributed by atoms with Gasteiger partial charge in [-0.1, -0.05) is 20.8 Å². The molecule has 3 N–H and O–H groups in total. The quantitative estimate of drug-likeness (QED) is 0.704. The first-order chi connectivity index (χ1) is 8.93. The first kappa shape index (κ1) is 18.7. The SMILES string of the molecule is CC(C)(C)C(N)=O.CC(C)(C)OC(=O)N1CCNCC1. The van der Waals surface area contributed by atoms with Crippen molar-refractivity contribution in [1.82, 2.24) is 10.2 Å². The number of hydrogen-bond acceptors (Lipinski definition) is 4. The maximum Gasteiger partial charge on any atom is 0.410 e. The van der Waals surface area contributed by atoms with Crippen molar-refractivity contribution in [2.75, 3.05) is 26.2 Å². The normalized spacial score (nSPS) is 16.0. The second-order valence-corrected chi connectivity index (χ2v) is 6.83. The number of nitrogens with one attached hydrogen (secondary N) is 1. The van der Waals surface area contributed by atoms with Crippen molar-refractivity contribution >= 4 is 12.0 Å². The van der Waals surface area contributed by atoms with Gasteiger partial charge in [-0.2, -0.15) is 0 Å². The van der Waals surface area contributed by atoms with E-state index in [2.05, 4.69) is 5.32 Å². The second kappa shape index (κ2) is 7.47. The molecule has 0 radical (unpaired) electrons. The molecule has 1 fully saturated rings. The molecule has 0 aliphatic carbocycles. The lowest BCUT2D eigenvalue weighted by Crippen LogP contribution is -2.48. The number of rotatable bonds is 0. The Morgan fingerprint density at radius 2 is 1.45 bits per heavy atom. The summed E-state index contributed by atoms with van der Waals surface area (Å²) in [7, 11) is 0. The molecule has 1 saturated heterocycles. The van der Waals surface area contributed by atoms with Crippen molar-refractivity contribution in [3.8, 4) is 0 Å². The molecular weight excluding hydrogens is 258 g/mol. The van der Waals surface area contributed by atoms with Crippen molar-refractivity contribution in [3.63, 3.8) is 0 Å². The van der Waals surface area contributed by atoms with Gasteiger partial charge in [-0.15, -0.1) is 0 Å². The standard InChI is InChI=1S/C9H18N2O2.C5H11NO/c1-9(2,3)13-8(12)11-6-4-10-5-7-11;1-5(2,3)4(6)7/h10H,4-7H2,1-3H3;1-3H3,(H2,6,7). The maximum atomic E-state index is 11.5. The van der Waals surface area contributed by atoms with E-state index in [9.17, 15) is 9.59 Å². The molecule has 0 atom stereocenters. The molecular formula is C14H29N3O3. The van der Waals surface area contributed by atoms with Gasteiger partial charge >= 0.3 is 6.09 Å². The third-order valence-electron chi connectivity index (χ3n) is 2.51. The third-order valence-corrected chi connectivity index (χ3v) is 2.51. The zero-order chi connectivity index (χ0) is 16.0. The van der Waals surface area contributed by atoms with Crippen LogP contribution in [-0.2, 0) is 9.53 Å². The molecule has 6 nitrogen and oxygen atoms in total. The molecule has 0 aromatic rings. The average Bonchev–Trinajstić information content (AvgIpc) is 2.27. The smallest absolute Gasteiger partial charge is 0.410 e. The monoisotopic (exact) mass is 287 g/mol. The zero-order valence-corrected chi connectivity index (χ0v) is 13.6. The summed E-state index contributed by atoms with van der Waals surface area (Å²) in [6, 6.07) is 0. The van der Waals surface area contributed by atoms with E-state index >= 15 is 0 Å². The number of amides is 2. The van der Waals surface area contributed by atoms with Gasteiger partial charge in [0.15, 0.2) is 0 Å². The number of hydrogen-bond donors (Lipinski definition) is 2. The van der Waals surface area contributed by atoms with E-state index in [0.29, 0.717) is 0 Å². The van der Waals surface area contributed by atoms with Gasteiger partial charge in [-0.05, 0) is 20.8 Å². The Hall–Kier alpha value is -1.30. The fourth-order valence-corrected chi connectivity index (χ4v) is 1.17. The molecule has 0 aromatic heterocycles. The lowest BCUT2D eigenvalue weighted by Gasteiger charge is -2.30. The Balaban J connectivity index is 0.000000441. The van der Waals surface area contributed by atoms with Crippen LogP contribution in [0.3, 0.4) is 0 Å². The van der Waals surface area contributed by atoms with Crippen LogP contribution in [0.2, 0.25) is 0 Å². The predicted octanol–water partition coefficient (Wildman–Crippen LogP) is 1.34. The van der Waals surface area contributed by atoms with Gasteiger partial charge in [0, 0.05) is 31.6 Å². The van der Waals surface area contributed by atoms with Crippen LogP contribution in [-0.4, -0.2) is 48.7 Å². The highest BCUT2D eigenvalue weighted by atomic mass is 16.6. The van der Waals surface area contributed by atoms with Crippen LogP contribution in [0.4, 0.5) is 4.79 Å². The van der Waals surface area contributed by atoms with Crippen LogP contribution in [0.5, 0.6) is 0 Å². The molecule has 0 aromatic carbocycles. The van der Waals surface area contributed by atoms with E-state index in [1.165, 1.54) is 0 Å². The largest absolute Gasteiger partial charge is 0.444 e. The number of carbonyl (C=O) groups is 2. The molecule has 1 rings (SSSR count). The van der Waals surface area contributed by atoms with E-state index in [4.69, 9.17) is 10.5 Å². The van der Waals surface area contributed by atoms with Crippen LogP contribution in [0.1, 0.15) is 41.5 Å². The number of primary amides is 1. The molecule has 2 amide bonds. The van der Waals surface area contributed by atoms with E-state index in [0.717, 1.165) is 26.2 Å². The summed E-state index contributed by atoms with van der Waals surface area (Å²) >= 11 is 0. The number of nitrogens with zero attached hydrogens (tertiary/aromatic N) is 1. The molecule has 0 unspecified atom stereocenters. The van der Waals surface area contributed by atoms with Gasteiger partial charge in [-0.25, -0.2) is 4.79 Å². The summed E-state index contributed by atoms with van der Waals surface area (Å²) in [5.74, 6) is -0.257. The van der Waals surface area contributed by atoms with Gasteiger partial charge < -0.3 is 20.7 Å². The Morgan fingerprint density at radius 3 is 1.75 bits per heavy atom. The van der Waals surface area contributed by atoms with Crippen molar-refractivity contribution in [3.05, 3.63) is 0 Å². The molecule has 20 heavy (non-hydrogen) atoms. The van der Waals surface area contributed by atoms with E-state index in [1.54, 1.807) is 25.7 Å². The number of nitrogens with two attached hydrogens (primary N) is 1. The van der Waals surface area contributed by atoms with Crippen LogP contribution in [0, 0.1) is 5.41 Å². The molecule has 6 heteroatoms. The van der Waals surface area contributed by atoms with Gasteiger partial charge in [0.1, 0.15) is 5.60 Å². The van der Waals surface area contributed by atoms with Crippen LogP contribution in [0.25, 0.3) is 0 Å². The molecule has 1 heterocycles. The summed E-state index contributed by atoms with van der Waals surface area (Å²) in [4.78, 5) is 23.5. The third kappa shape index (κ3) is 8.74. The molecule has 0 saturated carbocycles. The van der Waals surface area contributed by atoms with E-state index < -0.39 is 0 Å². The average molecular weight is 287 g/mol. The minimum atomic E-state index is -0.387. The number of piperazine rings is 1. The Labute approximate surface area is 122 Å². The highest BCUT2D eigenvalue weighted by Gasteiger charge is 2.22. The van der Waals surface area contributed by atoms with Gasteiger partial charge in [-0.3, -0.25) is 4.79 Å². The predicted molar refractivity (Wildman–Crippen MR) is 79.3 cm³/mol. The Morgan fingerprint density at radius 1 is 1.05 bits per heavy atom. The highest BCUT2D eigenvalue weighted by Crippen LogP contribution is 2.10. The van der Waals surface area contributed by atoms with Crippen molar-refractivity contribution in [2.45, 2.75) is 47.1 Å². The molecule has 1 aliphatic heterocycles. The fraction of sp³-hybridized carbons (Fsp3) is 0.857. The lowest BCUT2D eigenvalue weighted by atomic mass is 9.96. The molecule has 0 spiro atoms. The van der Waals surface area contributed by atoms with Gasteiger partial charge in [0.05, 0.1) is 0 Å². The van der Waals surface area contributed by atoms with Crippen LogP contribution < -0.4 is 11.1 Å². The van der Waals surface area contributed by atoms with Gasteiger partial charge in [0.2, 0.25) is 5.91 Å². The van der Waals surface area contributed by atoms with Crippen LogP contribution in [0.15, 0.2) is 0 Å². The molecule has 1 aliphatic rings. The Bertz CT molecular complexity index is 324. The molecule has 118 valence electrons. The Kier molecular flexibility index (Phi) is 6.99. The summed E-state index contributed by atoms with van der Waals surface area (Å²) < 4.78 is 5.24. The second-order valence-electron chi connectivity index (χ2n) is 6.83. The summed E-state index contributed by atoms with van der Waals surface area (Å²) in [6.07, 6.45) is -0.200. The minimum absolute atomic E-state index is 0.200. The number of carbonyl (C=O) groups excluding carboxylic acids is 2. The lowest BCUT2D eigenvalue weighted by molar-refractivity contribution is -0.125. The first-order valence-electron chi connectivity index (χ1n) is 6.92. The maximum absolute atomic E-state index is 11.5. The van der Waals surface area contributed by atoms with E-state index in [1.807, 2.05) is 20.8 Å². The molecule has 0 bridgehead atoms. The number of ether oxygens (including phenoxy) is 1. The van der Waals surface area contributed by atoms with Crippen molar-refractivity contribution in [2.24, 2.45) is 11.1 Å².